The predicted molar refractivity (Wildman–Crippen MR) is 73.8 cm³/mol. The molecule has 1 unspecified atom stereocenters. The normalized spacial score (nSPS) is 22.0. The second-order valence-electron chi connectivity index (χ2n) is 5.54. The Balaban J connectivity index is 2.22. The van der Waals surface area contributed by atoms with Gasteiger partial charge in [-0.05, 0) is 31.9 Å². The molecule has 1 atom stereocenters. The second kappa shape index (κ2) is 5.71. The number of benzene rings is 1. The largest absolute Gasteiger partial charge is 0.497 e. The Hall–Kier alpha value is -2.11. The van der Waals surface area contributed by atoms with Gasteiger partial charge >= 0.3 is 5.97 Å². The van der Waals surface area contributed by atoms with Crippen LogP contribution in [0.15, 0.2) is 18.2 Å². The van der Waals surface area contributed by atoms with Gasteiger partial charge in [-0.3, -0.25) is 9.59 Å². The lowest BCUT2D eigenvalue weighted by molar-refractivity contribution is -0.150. The summed E-state index contributed by atoms with van der Waals surface area (Å²) in [6, 6.07) is 4.02. The fourth-order valence-corrected chi connectivity index (χ4v) is 2.55. The van der Waals surface area contributed by atoms with E-state index in [1.165, 1.54) is 24.1 Å². The molecule has 6 heteroatoms. The van der Waals surface area contributed by atoms with Crippen molar-refractivity contribution in [3.05, 3.63) is 29.6 Å². The summed E-state index contributed by atoms with van der Waals surface area (Å²) in [6.45, 7) is 2.14. The Bertz CT molecular complexity index is 575. The molecule has 1 heterocycles. The Kier molecular flexibility index (Phi) is 4.16. The van der Waals surface area contributed by atoms with E-state index in [0.717, 1.165) is 6.07 Å². The second-order valence-corrected chi connectivity index (χ2v) is 5.54. The topological polar surface area (TPSA) is 66.8 Å². The van der Waals surface area contributed by atoms with Gasteiger partial charge in [-0.2, -0.15) is 0 Å². The maximum atomic E-state index is 13.9. The van der Waals surface area contributed by atoms with Crippen molar-refractivity contribution in [2.45, 2.75) is 19.8 Å². The molecule has 21 heavy (non-hydrogen) atoms. The van der Waals surface area contributed by atoms with Crippen molar-refractivity contribution in [1.29, 1.82) is 0 Å². The number of nitrogens with zero attached hydrogens (tertiary/aromatic N) is 1. The minimum absolute atomic E-state index is 0.0644. The number of amides is 1. The Morgan fingerprint density at radius 3 is 2.71 bits per heavy atom. The molecule has 2 rings (SSSR count). The van der Waals surface area contributed by atoms with Gasteiger partial charge in [0.25, 0.3) is 5.91 Å². The molecule has 0 saturated carbocycles. The van der Waals surface area contributed by atoms with Gasteiger partial charge in [0.1, 0.15) is 11.6 Å². The van der Waals surface area contributed by atoms with E-state index >= 15 is 0 Å². The molecule has 1 saturated heterocycles. The molecule has 114 valence electrons. The third-order valence-electron chi connectivity index (χ3n) is 3.91. The van der Waals surface area contributed by atoms with Gasteiger partial charge in [0.05, 0.1) is 18.1 Å². The van der Waals surface area contributed by atoms with E-state index in [1.807, 2.05) is 0 Å². The van der Waals surface area contributed by atoms with Gasteiger partial charge < -0.3 is 14.7 Å². The highest BCUT2D eigenvalue weighted by Crippen LogP contribution is 2.31. The van der Waals surface area contributed by atoms with Crippen LogP contribution in [-0.4, -0.2) is 42.1 Å². The van der Waals surface area contributed by atoms with E-state index in [4.69, 9.17) is 4.74 Å². The lowest BCUT2D eigenvalue weighted by atomic mass is 9.82. The van der Waals surface area contributed by atoms with E-state index in [9.17, 15) is 19.1 Å². The van der Waals surface area contributed by atoms with Crippen molar-refractivity contribution in [3.8, 4) is 5.75 Å². The first-order valence-electron chi connectivity index (χ1n) is 6.73. The van der Waals surface area contributed by atoms with Gasteiger partial charge in [-0.1, -0.05) is 0 Å². The molecule has 0 aliphatic carbocycles. The van der Waals surface area contributed by atoms with Crippen molar-refractivity contribution in [3.63, 3.8) is 0 Å². The summed E-state index contributed by atoms with van der Waals surface area (Å²) in [5.74, 6) is -1.75. The number of carbonyl (C=O) groups is 2. The van der Waals surface area contributed by atoms with Crippen molar-refractivity contribution in [1.82, 2.24) is 4.90 Å². The first kappa shape index (κ1) is 15.3. The molecule has 0 bridgehead atoms. The fourth-order valence-electron chi connectivity index (χ4n) is 2.55. The summed E-state index contributed by atoms with van der Waals surface area (Å²) in [6.07, 6.45) is 1.10. The van der Waals surface area contributed by atoms with Crippen LogP contribution < -0.4 is 4.74 Å². The van der Waals surface area contributed by atoms with Crippen LogP contribution in [0, 0.1) is 11.2 Å². The zero-order chi connectivity index (χ0) is 15.6. The number of carbonyl (C=O) groups excluding carboxylic acids is 1. The van der Waals surface area contributed by atoms with Crippen molar-refractivity contribution in [2.24, 2.45) is 5.41 Å². The first-order chi connectivity index (χ1) is 9.87. The minimum atomic E-state index is -0.975. The molecule has 1 aliphatic heterocycles. The average molecular weight is 295 g/mol. The number of carboxylic acids is 1. The molecule has 1 amide bonds. The van der Waals surface area contributed by atoms with E-state index in [-0.39, 0.29) is 12.1 Å². The lowest BCUT2D eigenvalue weighted by Gasteiger charge is -2.37. The van der Waals surface area contributed by atoms with Gasteiger partial charge in [0.2, 0.25) is 0 Å². The summed E-state index contributed by atoms with van der Waals surface area (Å²) >= 11 is 0. The number of hydrogen-bond acceptors (Lipinski definition) is 3. The summed E-state index contributed by atoms with van der Waals surface area (Å²) in [5.41, 5.74) is -1.04. The van der Waals surface area contributed by atoms with Crippen LogP contribution in [0.1, 0.15) is 30.1 Å². The molecule has 0 spiro atoms. The molecule has 1 fully saturated rings. The number of piperidine rings is 1. The van der Waals surface area contributed by atoms with E-state index in [0.29, 0.717) is 25.1 Å². The maximum Gasteiger partial charge on any atom is 0.311 e. The van der Waals surface area contributed by atoms with Crippen LogP contribution in [0.25, 0.3) is 0 Å². The molecule has 1 aromatic rings. The Labute approximate surface area is 122 Å². The van der Waals surface area contributed by atoms with Gasteiger partial charge in [0.15, 0.2) is 0 Å². The van der Waals surface area contributed by atoms with Crippen LogP contribution in [0.2, 0.25) is 0 Å². The maximum absolute atomic E-state index is 13.9. The number of rotatable bonds is 3. The highest BCUT2D eigenvalue weighted by Gasteiger charge is 2.39. The predicted octanol–water partition coefficient (Wildman–Crippen LogP) is 2.16. The van der Waals surface area contributed by atoms with Crippen LogP contribution >= 0.6 is 0 Å². The number of methoxy groups -OCH3 is 1. The SMILES string of the molecule is COc1ccc(C(=O)N2CCCC(C)(C(=O)O)C2)c(F)c1. The number of ether oxygens (including phenoxy) is 1. The quantitative estimate of drug-likeness (QED) is 0.928. The monoisotopic (exact) mass is 295 g/mol. The van der Waals surface area contributed by atoms with Crippen molar-refractivity contribution < 1.29 is 23.8 Å². The molecule has 1 aliphatic rings. The number of hydrogen-bond donors (Lipinski definition) is 1. The van der Waals surface area contributed by atoms with E-state index in [2.05, 4.69) is 0 Å². The van der Waals surface area contributed by atoms with Crippen LogP contribution in [0.5, 0.6) is 5.75 Å². The highest BCUT2D eigenvalue weighted by atomic mass is 19.1. The van der Waals surface area contributed by atoms with E-state index in [1.54, 1.807) is 6.92 Å². The average Bonchev–Trinajstić information content (AvgIpc) is 2.46. The third-order valence-corrected chi connectivity index (χ3v) is 3.91. The third kappa shape index (κ3) is 2.99. The molecular formula is C15H18FNO4. The Morgan fingerprint density at radius 1 is 1.43 bits per heavy atom. The van der Waals surface area contributed by atoms with Crippen molar-refractivity contribution in [2.75, 3.05) is 20.2 Å². The zero-order valence-corrected chi connectivity index (χ0v) is 12.1. The lowest BCUT2D eigenvalue weighted by Crippen LogP contribution is -2.48. The molecule has 0 radical (unpaired) electrons. The summed E-state index contributed by atoms with van der Waals surface area (Å²) in [5, 5.41) is 9.26. The van der Waals surface area contributed by atoms with Gasteiger partial charge in [-0.15, -0.1) is 0 Å². The highest BCUT2D eigenvalue weighted by molar-refractivity contribution is 5.95. The minimum Gasteiger partial charge on any atom is -0.497 e. The number of aliphatic carboxylic acids is 1. The number of carboxylic acid groups (broad SMARTS) is 1. The summed E-state index contributed by atoms with van der Waals surface area (Å²) in [7, 11) is 1.42. The molecule has 1 aromatic carbocycles. The zero-order valence-electron chi connectivity index (χ0n) is 12.1. The number of likely N-dealkylation sites (tertiary alicyclic amines) is 1. The number of halogens is 1. The van der Waals surface area contributed by atoms with Gasteiger partial charge in [0, 0.05) is 19.2 Å². The molecule has 5 nitrogen and oxygen atoms in total. The molecule has 0 aromatic heterocycles. The van der Waals surface area contributed by atoms with Crippen LogP contribution in [-0.2, 0) is 4.79 Å². The Morgan fingerprint density at radius 2 is 2.14 bits per heavy atom. The van der Waals surface area contributed by atoms with Crippen molar-refractivity contribution >= 4 is 11.9 Å². The standard InChI is InChI=1S/C15H18FNO4/c1-15(14(19)20)6-3-7-17(9-15)13(18)11-5-4-10(21-2)8-12(11)16/h4-5,8H,3,6-7,9H2,1-2H3,(H,19,20). The summed E-state index contributed by atoms with van der Waals surface area (Å²) < 4.78 is 18.8. The van der Waals surface area contributed by atoms with Crippen LogP contribution in [0.4, 0.5) is 4.39 Å². The van der Waals surface area contributed by atoms with Crippen LogP contribution in [0.3, 0.4) is 0 Å². The smallest absolute Gasteiger partial charge is 0.311 e. The molecular weight excluding hydrogens is 277 g/mol. The van der Waals surface area contributed by atoms with Gasteiger partial charge in [-0.25, -0.2) is 4.39 Å². The molecule has 1 N–H and O–H groups in total. The first-order valence-corrected chi connectivity index (χ1v) is 6.73. The fraction of sp³-hybridized carbons (Fsp3) is 0.467. The summed E-state index contributed by atoms with van der Waals surface area (Å²) in [4.78, 5) is 25.1. The van der Waals surface area contributed by atoms with E-state index < -0.39 is 23.1 Å².